The second kappa shape index (κ2) is 4.57. The summed E-state index contributed by atoms with van der Waals surface area (Å²) in [5.74, 6) is 0.185. The normalized spacial score (nSPS) is 19.1. The van der Waals surface area contributed by atoms with E-state index in [0.29, 0.717) is 5.75 Å². The molecule has 1 fully saturated rings. The second-order valence-corrected chi connectivity index (χ2v) is 3.96. The fraction of sp³-hybridized carbons (Fsp3) is 0.545. The van der Waals surface area contributed by atoms with Crippen molar-refractivity contribution in [2.45, 2.75) is 18.9 Å². The summed E-state index contributed by atoms with van der Waals surface area (Å²) in [7, 11) is 2.10. The van der Waals surface area contributed by atoms with Crippen LogP contribution in [0.4, 0.5) is 4.39 Å². The summed E-state index contributed by atoms with van der Waals surface area (Å²) >= 11 is 0. The highest BCUT2D eigenvalue weighted by Crippen LogP contribution is 2.17. The molecule has 0 N–H and O–H groups in total. The van der Waals surface area contributed by atoms with Gasteiger partial charge >= 0.3 is 0 Å². The molecule has 1 aromatic rings. The summed E-state index contributed by atoms with van der Waals surface area (Å²) < 4.78 is 18.5. The Kier molecular flexibility index (Phi) is 3.16. The Morgan fingerprint density at radius 1 is 1.40 bits per heavy atom. The maximum Gasteiger partial charge on any atom is 0.145 e. The maximum atomic E-state index is 12.8. The molecule has 1 aliphatic rings. The first-order valence-corrected chi connectivity index (χ1v) is 5.20. The first-order chi connectivity index (χ1) is 7.24. The molecule has 2 rings (SSSR count). The van der Waals surface area contributed by atoms with E-state index in [0.717, 1.165) is 25.9 Å². The predicted octanol–water partition coefficient (Wildman–Crippen LogP) is 1.69. The summed E-state index contributed by atoms with van der Waals surface area (Å²) in [6.45, 7) is 2.07. The third-order valence-electron chi connectivity index (χ3n) is 2.65. The number of rotatable bonds is 2. The van der Waals surface area contributed by atoms with E-state index in [1.165, 1.54) is 12.3 Å². The quantitative estimate of drug-likeness (QED) is 0.742. The monoisotopic (exact) mass is 210 g/mol. The van der Waals surface area contributed by atoms with Gasteiger partial charge in [0.05, 0.1) is 12.4 Å². The van der Waals surface area contributed by atoms with Gasteiger partial charge in [0.15, 0.2) is 0 Å². The molecule has 15 heavy (non-hydrogen) atoms. The van der Waals surface area contributed by atoms with Crippen molar-refractivity contribution in [3.63, 3.8) is 0 Å². The molecule has 0 atom stereocenters. The largest absolute Gasteiger partial charge is 0.489 e. The molecule has 4 heteroatoms. The van der Waals surface area contributed by atoms with E-state index in [1.54, 1.807) is 6.20 Å². The van der Waals surface area contributed by atoms with Crippen LogP contribution in [0.2, 0.25) is 0 Å². The van der Waals surface area contributed by atoms with Gasteiger partial charge in [-0.05, 0) is 19.9 Å². The molecule has 82 valence electrons. The molecule has 0 unspecified atom stereocenters. The van der Waals surface area contributed by atoms with Gasteiger partial charge in [0.1, 0.15) is 17.7 Å². The van der Waals surface area contributed by atoms with Crippen LogP contribution in [0.25, 0.3) is 0 Å². The predicted molar refractivity (Wildman–Crippen MR) is 55.3 cm³/mol. The van der Waals surface area contributed by atoms with Gasteiger partial charge in [-0.15, -0.1) is 0 Å². The second-order valence-electron chi connectivity index (χ2n) is 3.96. The van der Waals surface area contributed by atoms with E-state index in [9.17, 15) is 4.39 Å². The lowest BCUT2D eigenvalue weighted by molar-refractivity contribution is 0.113. The van der Waals surface area contributed by atoms with Crippen molar-refractivity contribution in [3.8, 4) is 5.75 Å². The highest BCUT2D eigenvalue weighted by Gasteiger charge is 2.18. The van der Waals surface area contributed by atoms with E-state index < -0.39 is 0 Å². The van der Waals surface area contributed by atoms with Crippen molar-refractivity contribution in [1.82, 2.24) is 9.88 Å². The van der Waals surface area contributed by atoms with Gasteiger partial charge in [0.25, 0.3) is 0 Å². The average Bonchev–Trinajstić information content (AvgIpc) is 2.22. The van der Waals surface area contributed by atoms with E-state index in [1.807, 2.05) is 0 Å². The van der Waals surface area contributed by atoms with Crippen molar-refractivity contribution < 1.29 is 9.13 Å². The molecule has 1 aliphatic heterocycles. The van der Waals surface area contributed by atoms with Crippen molar-refractivity contribution in [2.75, 3.05) is 20.1 Å². The summed E-state index contributed by atoms with van der Waals surface area (Å²) in [6, 6.07) is 1.38. The molecule has 0 saturated carbocycles. The zero-order chi connectivity index (χ0) is 10.7. The number of pyridine rings is 1. The van der Waals surface area contributed by atoms with Crippen molar-refractivity contribution >= 4 is 0 Å². The SMILES string of the molecule is CN1CCC(Oc2cncc(F)c2)CC1. The zero-order valence-corrected chi connectivity index (χ0v) is 8.82. The number of nitrogens with zero attached hydrogens (tertiary/aromatic N) is 2. The van der Waals surface area contributed by atoms with Gasteiger partial charge in [-0.2, -0.15) is 0 Å². The smallest absolute Gasteiger partial charge is 0.145 e. The van der Waals surface area contributed by atoms with Gasteiger partial charge in [-0.3, -0.25) is 4.98 Å². The minimum atomic E-state index is -0.347. The van der Waals surface area contributed by atoms with Crippen LogP contribution in [-0.2, 0) is 0 Å². The molecule has 1 aromatic heterocycles. The fourth-order valence-corrected chi connectivity index (χ4v) is 1.75. The Bertz CT molecular complexity index is 324. The molecule has 0 spiro atoms. The number of hydrogen-bond donors (Lipinski definition) is 0. The minimum absolute atomic E-state index is 0.199. The molecule has 3 nitrogen and oxygen atoms in total. The lowest BCUT2D eigenvalue weighted by atomic mass is 10.1. The highest BCUT2D eigenvalue weighted by molar-refractivity contribution is 5.17. The van der Waals surface area contributed by atoms with Crippen LogP contribution >= 0.6 is 0 Å². The summed E-state index contributed by atoms with van der Waals surface area (Å²) in [5, 5.41) is 0. The standard InChI is InChI=1S/C11H15FN2O/c1-14-4-2-10(3-5-14)15-11-6-9(12)7-13-8-11/h6-8,10H,2-5H2,1H3. The van der Waals surface area contributed by atoms with Crippen LogP contribution in [0.5, 0.6) is 5.75 Å². The lowest BCUT2D eigenvalue weighted by Crippen LogP contribution is -2.35. The number of piperidine rings is 1. The number of halogens is 1. The van der Waals surface area contributed by atoms with Gasteiger partial charge in [-0.1, -0.05) is 0 Å². The lowest BCUT2D eigenvalue weighted by Gasteiger charge is -2.29. The van der Waals surface area contributed by atoms with Crippen LogP contribution in [0.1, 0.15) is 12.8 Å². The number of aromatic nitrogens is 1. The Hall–Kier alpha value is -1.16. The molecule has 0 bridgehead atoms. The fourth-order valence-electron chi connectivity index (χ4n) is 1.75. The molecule has 0 aromatic carbocycles. The third-order valence-corrected chi connectivity index (χ3v) is 2.65. The zero-order valence-electron chi connectivity index (χ0n) is 8.82. The summed E-state index contributed by atoms with van der Waals surface area (Å²) in [5.41, 5.74) is 0. The first-order valence-electron chi connectivity index (χ1n) is 5.20. The molecule has 2 heterocycles. The summed E-state index contributed by atoms with van der Waals surface area (Å²) in [6.07, 6.45) is 4.92. The van der Waals surface area contributed by atoms with Crippen LogP contribution in [0, 0.1) is 5.82 Å². The Morgan fingerprint density at radius 2 is 2.13 bits per heavy atom. The number of ether oxygens (including phenoxy) is 1. The topological polar surface area (TPSA) is 25.4 Å². The van der Waals surface area contributed by atoms with Gasteiger partial charge in [0, 0.05) is 19.2 Å². The number of likely N-dealkylation sites (tertiary alicyclic amines) is 1. The van der Waals surface area contributed by atoms with Crippen LogP contribution in [-0.4, -0.2) is 36.1 Å². The molecule has 0 amide bonds. The Labute approximate surface area is 88.9 Å². The molecule has 0 aliphatic carbocycles. The summed E-state index contributed by atoms with van der Waals surface area (Å²) in [4.78, 5) is 6.02. The van der Waals surface area contributed by atoms with Crippen LogP contribution in [0.3, 0.4) is 0 Å². The van der Waals surface area contributed by atoms with Crippen molar-refractivity contribution in [3.05, 3.63) is 24.3 Å². The van der Waals surface area contributed by atoms with E-state index in [2.05, 4.69) is 16.9 Å². The van der Waals surface area contributed by atoms with Gasteiger partial charge in [0.2, 0.25) is 0 Å². The minimum Gasteiger partial charge on any atom is -0.489 e. The van der Waals surface area contributed by atoms with Crippen molar-refractivity contribution in [1.29, 1.82) is 0 Å². The van der Waals surface area contributed by atoms with E-state index in [-0.39, 0.29) is 11.9 Å². The average molecular weight is 210 g/mol. The Morgan fingerprint density at radius 3 is 2.80 bits per heavy atom. The van der Waals surface area contributed by atoms with Gasteiger partial charge < -0.3 is 9.64 Å². The molecule has 0 radical (unpaired) electrons. The molecular formula is C11H15FN2O. The van der Waals surface area contributed by atoms with Crippen LogP contribution in [0.15, 0.2) is 18.5 Å². The highest BCUT2D eigenvalue weighted by atomic mass is 19.1. The Balaban J connectivity index is 1.92. The van der Waals surface area contributed by atoms with E-state index >= 15 is 0 Å². The third kappa shape index (κ3) is 2.89. The first kappa shape index (κ1) is 10.4. The van der Waals surface area contributed by atoms with Gasteiger partial charge in [-0.25, -0.2) is 4.39 Å². The van der Waals surface area contributed by atoms with E-state index in [4.69, 9.17) is 4.74 Å². The maximum absolute atomic E-state index is 12.8. The number of hydrogen-bond acceptors (Lipinski definition) is 3. The molecule has 1 saturated heterocycles. The molecular weight excluding hydrogens is 195 g/mol. The van der Waals surface area contributed by atoms with Crippen molar-refractivity contribution in [2.24, 2.45) is 0 Å². The van der Waals surface area contributed by atoms with Crippen LogP contribution < -0.4 is 4.74 Å².